The lowest BCUT2D eigenvalue weighted by molar-refractivity contribution is 0.0692. The fourth-order valence-corrected chi connectivity index (χ4v) is 3.59. The number of nitrogens with zero attached hydrogens (tertiary/aromatic N) is 3. The van der Waals surface area contributed by atoms with Gasteiger partial charge >= 0.3 is 12.7 Å². The number of carboxylic acid groups (broad SMARTS) is 1. The number of hydrogen-bond donors (Lipinski definition) is 5. The number of hydrogen-bond acceptors (Lipinski definition) is 6. The van der Waals surface area contributed by atoms with E-state index in [4.69, 9.17) is 15.8 Å². The number of aryl methyl sites for hydroxylation is 1. The van der Waals surface area contributed by atoms with Crippen LogP contribution >= 0.6 is 0 Å². The predicted octanol–water partition coefficient (Wildman–Crippen LogP) is -0.303. The first-order valence-corrected chi connectivity index (χ1v) is 8.55. The molecule has 11 heteroatoms. The molecule has 4 rings (SSSR count). The van der Waals surface area contributed by atoms with Crippen molar-refractivity contribution in [3.63, 3.8) is 0 Å². The molecule has 27 heavy (non-hydrogen) atoms. The van der Waals surface area contributed by atoms with Gasteiger partial charge in [0.25, 0.3) is 0 Å². The zero-order valence-electron chi connectivity index (χ0n) is 14.4. The molecule has 0 atom stereocenters. The van der Waals surface area contributed by atoms with E-state index in [1.807, 2.05) is 0 Å². The van der Waals surface area contributed by atoms with E-state index in [1.165, 1.54) is 0 Å². The monoisotopic (exact) mass is 372 g/mol. The van der Waals surface area contributed by atoms with Gasteiger partial charge < -0.3 is 30.4 Å². The fraction of sp³-hybridized carbons (Fsp3) is 0.312. The van der Waals surface area contributed by atoms with E-state index in [9.17, 15) is 19.9 Å². The van der Waals surface area contributed by atoms with Crippen molar-refractivity contribution in [1.82, 2.24) is 14.7 Å². The Kier molecular flexibility index (Phi) is 3.86. The summed E-state index contributed by atoms with van der Waals surface area (Å²) in [5.74, 6) is -1.20. The minimum Gasteiger partial charge on any atom is -0.669 e. The summed E-state index contributed by atoms with van der Waals surface area (Å²) in [6, 6.07) is 3.45. The molecule has 2 aliphatic heterocycles. The molecule has 0 unspecified atom stereocenters. The lowest BCUT2D eigenvalue weighted by atomic mass is 9.70. The average Bonchev–Trinajstić information content (AvgIpc) is 3.11. The Morgan fingerprint density at radius 1 is 1.33 bits per heavy atom. The zero-order valence-corrected chi connectivity index (χ0v) is 14.4. The zero-order chi connectivity index (χ0) is 19.3. The second-order valence-electron chi connectivity index (χ2n) is 6.95. The van der Waals surface area contributed by atoms with Crippen molar-refractivity contribution in [1.29, 1.82) is 5.41 Å². The normalized spacial score (nSPS) is 17.2. The van der Waals surface area contributed by atoms with E-state index < -0.39 is 12.7 Å². The van der Waals surface area contributed by atoms with Crippen molar-refractivity contribution in [2.45, 2.75) is 32.4 Å². The van der Waals surface area contributed by atoms with Crippen LogP contribution in [0.15, 0.2) is 18.3 Å². The molecule has 0 saturated carbocycles. The Labute approximate surface area is 154 Å². The first-order valence-electron chi connectivity index (χ1n) is 8.55. The third kappa shape index (κ3) is 3.11. The van der Waals surface area contributed by atoms with Crippen LogP contribution in [0.4, 0.5) is 0 Å². The number of aromatic carboxylic acids is 1. The predicted molar refractivity (Wildman–Crippen MR) is 95.2 cm³/mol. The van der Waals surface area contributed by atoms with Crippen molar-refractivity contribution in [3.05, 3.63) is 46.3 Å². The molecule has 2 aliphatic rings. The van der Waals surface area contributed by atoms with Gasteiger partial charge in [-0.05, 0) is 17.5 Å². The third-order valence-corrected chi connectivity index (χ3v) is 4.94. The number of carboxylic acids is 1. The Morgan fingerprint density at radius 3 is 2.78 bits per heavy atom. The number of aromatic nitrogens is 2. The lowest BCUT2D eigenvalue weighted by Crippen LogP contribution is -2.45. The molecule has 3 heterocycles. The second kappa shape index (κ2) is 6.00. The van der Waals surface area contributed by atoms with E-state index >= 15 is 0 Å². The molecular formula is C16H19BN5O5-. The van der Waals surface area contributed by atoms with Crippen molar-refractivity contribution in [2.75, 3.05) is 0 Å². The maximum absolute atomic E-state index is 11.8. The summed E-state index contributed by atoms with van der Waals surface area (Å²) in [5.41, 5.74) is 8.24. The second-order valence-corrected chi connectivity index (χ2v) is 6.95. The summed E-state index contributed by atoms with van der Waals surface area (Å²) in [5, 5.41) is 41.2. The fourth-order valence-electron chi connectivity index (χ4n) is 3.59. The summed E-state index contributed by atoms with van der Waals surface area (Å²) in [6.07, 6.45) is 2.17. The first-order chi connectivity index (χ1) is 12.7. The van der Waals surface area contributed by atoms with Crippen LogP contribution in [0.2, 0.25) is 6.32 Å². The molecule has 2 aromatic rings. The van der Waals surface area contributed by atoms with Crippen molar-refractivity contribution in [2.24, 2.45) is 5.73 Å². The van der Waals surface area contributed by atoms with Crippen molar-refractivity contribution < 1.29 is 24.6 Å². The highest BCUT2D eigenvalue weighted by Crippen LogP contribution is 2.35. The molecule has 0 spiro atoms. The summed E-state index contributed by atoms with van der Waals surface area (Å²) < 4.78 is 6.85. The Morgan fingerprint density at radius 2 is 2.11 bits per heavy atom. The van der Waals surface area contributed by atoms with Gasteiger partial charge in [0.05, 0.1) is 24.5 Å². The van der Waals surface area contributed by atoms with E-state index in [1.54, 1.807) is 27.9 Å². The summed E-state index contributed by atoms with van der Waals surface area (Å²) >= 11 is 0. The number of nitrogens with two attached hydrogens (primary N) is 1. The minimum atomic E-state index is -3.05. The van der Waals surface area contributed by atoms with Gasteiger partial charge in [0, 0.05) is 18.3 Å². The van der Waals surface area contributed by atoms with Gasteiger partial charge in [0.15, 0.2) is 5.96 Å². The topological polar surface area (TPSA) is 158 Å². The largest absolute Gasteiger partial charge is 0.669 e. The molecule has 0 radical (unpaired) electrons. The standard InChI is InChI=1S/C16H19BN5O5/c18-16(19)21-5-11-7-22(20-12(11)8-21)6-10-2-1-9-3-4-17(25,26)27-14(9)13(10)15(23)24/h1-2,7,25-26H,3-6,8H2,(H3,18,19)(H,23,24)/q-1. The molecule has 0 fully saturated rings. The molecule has 1 aromatic heterocycles. The van der Waals surface area contributed by atoms with Crippen LogP contribution in [-0.2, 0) is 26.1 Å². The van der Waals surface area contributed by atoms with Crippen LogP contribution in [0.3, 0.4) is 0 Å². The van der Waals surface area contributed by atoms with Gasteiger partial charge in [0.1, 0.15) is 5.56 Å². The highest BCUT2D eigenvalue weighted by atomic mass is 16.6. The van der Waals surface area contributed by atoms with E-state index in [0.29, 0.717) is 30.6 Å². The van der Waals surface area contributed by atoms with E-state index in [2.05, 4.69) is 5.10 Å². The van der Waals surface area contributed by atoms with Crippen molar-refractivity contribution in [3.8, 4) is 5.75 Å². The number of guanidine groups is 1. The molecule has 142 valence electrons. The summed E-state index contributed by atoms with van der Waals surface area (Å²) in [6.45, 7) is -1.92. The molecular weight excluding hydrogens is 353 g/mol. The smallest absolute Gasteiger partial charge is 0.430 e. The highest BCUT2D eigenvalue weighted by molar-refractivity contribution is 6.59. The molecule has 0 aliphatic carbocycles. The van der Waals surface area contributed by atoms with Crippen LogP contribution in [-0.4, -0.2) is 48.5 Å². The Bertz CT molecular complexity index is 933. The Hall–Kier alpha value is -3.05. The Balaban J connectivity index is 1.65. The number of rotatable bonds is 3. The molecule has 1 aromatic carbocycles. The first kappa shape index (κ1) is 17.4. The molecule has 10 nitrogen and oxygen atoms in total. The number of fused-ring (bicyclic) bond motifs is 2. The van der Waals surface area contributed by atoms with Gasteiger partial charge in [-0.25, -0.2) is 4.79 Å². The summed E-state index contributed by atoms with van der Waals surface area (Å²) in [7, 11) is 0. The van der Waals surface area contributed by atoms with Crippen LogP contribution in [0.25, 0.3) is 0 Å². The molecule has 0 saturated heterocycles. The summed E-state index contributed by atoms with van der Waals surface area (Å²) in [4.78, 5) is 13.5. The lowest BCUT2D eigenvalue weighted by Gasteiger charge is -2.37. The van der Waals surface area contributed by atoms with Crippen LogP contribution < -0.4 is 10.4 Å². The van der Waals surface area contributed by atoms with E-state index in [-0.39, 0.29) is 30.1 Å². The van der Waals surface area contributed by atoms with Gasteiger partial charge in [-0.3, -0.25) is 10.1 Å². The molecule has 0 amide bonds. The van der Waals surface area contributed by atoms with E-state index in [0.717, 1.165) is 11.3 Å². The number of benzene rings is 1. The minimum absolute atomic E-state index is 0.0127. The third-order valence-electron chi connectivity index (χ3n) is 4.94. The molecule has 0 bridgehead atoms. The van der Waals surface area contributed by atoms with Crippen LogP contribution in [0.1, 0.15) is 32.7 Å². The van der Waals surface area contributed by atoms with Crippen LogP contribution in [0, 0.1) is 5.41 Å². The average molecular weight is 372 g/mol. The number of nitrogens with one attached hydrogen (secondary N) is 1. The maximum atomic E-state index is 11.8. The molecule has 6 N–H and O–H groups in total. The van der Waals surface area contributed by atoms with Crippen molar-refractivity contribution >= 4 is 18.7 Å². The van der Waals surface area contributed by atoms with Gasteiger partial charge in [-0.1, -0.05) is 18.5 Å². The van der Waals surface area contributed by atoms with Crippen LogP contribution in [0.5, 0.6) is 5.75 Å². The highest BCUT2D eigenvalue weighted by Gasteiger charge is 2.32. The van der Waals surface area contributed by atoms with Gasteiger partial charge in [-0.2, -0.15) is 5.10 Å². The van der Waals surface area contributed by atoms with Gasteiger partial charge in [0.2, 0.25) is 0 Å². The maximum Gasteiger partial charge on any atom is 0.430 e. The number of carbonyl (C=O) groups is 1. The quantitative estimate of drug-likeness (QED) is 0.279. The SMILES string of the molecule is N=C(N)N1Cc2cn(Cc3ccc4c(c3C(=O)O)O[B-](O)(O)CC4)nc2C1. The van der Waals surface area contributed by atoms with Gasteiger partial charge in [-0.15, -0.1) is 0 Å².